The van der Waals surface area contributed by atoms with E-state index >= 15 is 0 Å². The third-order valence-corrected chi connectivity index (χ3v) is 4.75. The summed E-state index contributed by atoms with van der Waals surface area (Å²) in [5, 5.41) is 1.85. The molecule has 2 nitrogen and oxygen atoms in total. The first-order valence-corrected chi connectivity index (χ1v) is 6.82. The maximum Gasteiger partial charge on any atom is 0.129 e. The predicted molar refractivity (Wildman–Crippen MR) is 65.2 cm³/mol. The van der Waals surface area contributed by atoms with Crippen LogP contribution in [0.1, 0.15) is 5.56 Å². The Hall–Kier alpha value is -1.20. The van der Waals surface area contributed by atoms with Crippen molar-refractivity contribution in [1.82, 2.24) is 0 Å². The summed E-state index contributed by atoms with van der Waals surface area (Å²) in [6.07, 6.45) is 0. The number of hydrogen-bond acceptors (Lipinski definition) is 3. The van der Waals surface area contributed by atoms with Crippen molar-refractivity contribution in [3.63, 3.8) is 0 Å². The van der Waals surface area contributed by atoms with Crippen molar-refractivity contribution in [3.05, 3.63) is 47.1 Å². The quantitative estimate of drug-likeness (QED) is 0.857. The Bertz CT molecular complexity index is 511. The number of nitrogen functional groups attached to an aromatic ring is 1. The normalized spacial score (nSPS) is 12.6. The molecule has 1 heterocycles. The lowest BCUT2D eigenvalue weighted by molar-refractivity contribution is 0.616. The Balaban J connectivity index is 2.18. The summed E-state index contributed by atoms with van der Waals surface area (Å²) in [6, 6.07) is 8.06. The highest BCUT2D eigenvalue weighted by Crippen LogP contribution is 2.20. The largest absolute Gasteiger partial charge is 0.399 e. The standard InChI is InChI=1S/C11H10FNOS2/c12-10-6-9(13)4-3-8(10)7-16(14)11-2-1-5-15-11/h1-6H,7,13H2. The van der Waals surface area contributed by atoms with E-state index in [0.717, 1.165) is 4.21 Å². The van der Waals surface area contributed by atoms with Gasteiger partial charge in [-0.2, -0.15) is 0 Å². The summed E-state index contributed by atoms with van der Waals surface area (Å²) in [6.45, 7) is 0. The van der Waals surface area contributed by atoms with E-state index in [4.69, 9.17) is 5.73 Å². The average Bonchev–Trinajstić information content (AvgIpc) is 2.75. The molecule has 0 aliphatic carbocycles. The Morgan fingerprint density at radius 3 is 2.81 bits per heavy atom. The first-order valence-electron chi connectivity index (χ1n) is 4.62. The third-order valence-electron chi connectivity index (χ3n) is 2.08. The second-order valence-corrected chi connectivity index (χ2v) is 5.90. The van der Waals surface area contributed by atoms with Crippen LogP contribution in [0.3, 0.4) is 0 Å². The van der Waals surface area contributed by atoms with Crippen molar-refractivity contribution in [2.24, 2.45) is 0 Å². The first-order chi connectivity index (χ1) is 7.66. The van der Waals surface area contributed by atoms with Gasteiger partial charge in [0.1, 0.15) is 5.82 Å². The van der Waals surface area contributed by atoms with Crippen LogP contribution in [-0.2, 0) is 16.6 Å². The molecule has 1 aromatic carbocycles. The zero-order valence-electron chi connectivity index (χ0n) is 8.35. The summed E-state index contributed by atoms with van der Waals surface area (Å²) >= 11 is 1.41. The van der Waals surface area contributed by atoms with Gasteiger partial charge in [0, 0.05) is 11.3 Å². The molecule has 1 unspecified atom stereocenters. The van der Waals surface area contributed by atoms with Crippen LogP contribution in [0.5, 0.6) is 0 Å². The summed E-state index contributed by atoms with van der Waals surface area (Å²) < 4.78 is 26.0. The Labute approximate surface area is 99.4 Å². The van der Waals surface area contributed by atoms with Gasteiger partial charge in [0.25, 0.3) is 0 Å². The lowest BCUT2D eigenvalue weighted by atomic mass is 10.2. The number of benzene rings is 1. The average molecular weight is 255 g/mol. The number of thiophene rings is 1. The molecule has 0 aliphatic heterocycles. The molecule has 84 valence electrons. The van der Waals surface area contributed by atoms with E-state index in [1.54, 1.807) is 18.2 Å². The summed E-state index contributed by atoms with van der Waals surface area (Å²) in [7, 11) is -1.18. The van der Waals surface area contributed by atoms with Gasteiger partial charge in [-0.1, -0.05) is 12.1 Å². The van der Waals surface area contributed by atoms with Crippen molar-refractivity contribution in [3.8, 4) is 0 Å². The highest BCUT2D eigenvalue weighted by atomic mass is 32.2. The van der Waals surface area contributed by atoms with Gasteiger partial charge in [-0.25, -0.2) is 4.39 Å². The number of anilines is 1. The molecular formula is C11H10FNOS2. The molecule has 1 aromatic heterocycles. The molecule has 1 atom stereocenters. The molecule has 2 N–H and O–H groups in total. The van der Waals surface area contributed by atoms with E-state index in [1.165, 1.54) is 17.4 Å². The van der Waals surface area contributed by atoms with Crippen molar-refractivity contribution < 1.29 is 8.60 Å². The fourth-order valence-corrected chi connectivity index (χ4v) is 3.40. The van der Waals surface area contributed by atoms with Gasteiger partial charge in [-0.15, -0.1) is 11.3 Å². The highest BCUT2D eigenvalue weighted by molar-refractivity contribution is 7.86. The summed E-state index contributed by atoms with van der Waals surface area (Å²) in [5.41, 5.74) is 6.25. The molecule has 0 spiro atoms. The van der Waals surface area contributed by atoms with Crippen molar-refractivity contribution in [2.75, 3.05) is 5.73 Å². The Morgan fingerprint density at radius 2 is 2.19 bits per heavy atom. The second-order valence-electron chi connectivity index (χ2n) is 3.27. The summed E-state index contributed by atoms with van der Waals surface area (Å²) in [5.74, 6) is -0.211. The van der Waals surface area contributed by atoms with Crippen LogP contribution in [0.2, 0.25) is 0 Å². The van der Waals surface area contributed by atoms with Crippen LogP contribution < -0.4 is 5.73 Å². The molecule has 16 heavy (non-hydrogen) atoms. The van der Waals surface area contributed by atoms with Crippen LogP contribution in [0.4, 0.5) is 10.1 Å². The van der Waals surface area contributed by atoms with Crippen molar-refractivity contribution in [2.45, 2.75) is 9.96 Å². The molecule has 5 heteroatoms. The van der Waals surface area contributed by atoms with E-state index < -0.39 is 16.6 Å². The van der Waals surface area contributed by atoms with Crippen LogP contribution >= 0.6 is 11.3 Å². The predicted octanol–water partition coefficient (Wildman–Crippen LogP) is 2.78. The van der Waals surface area contributed by atoms with Crippen molar-refractivity contribution >= 4 is 27.8 Å². The van der Waals surface area contributed by atoms with Gasteiger partial charge in [0.05, 0.1) is 20.8 Å². The molecule has 0 bridgehead atoms. The van der Waals surface area contributed by atoms with Gasteiger partial charge in [-0.3, -0.25) is 4.21 Å². The van der Waals surface area contributed by atoms with Gasteiger partial charge in [-0.05, 0) is 23.6 Å². The Morgan fingerprint density at radius 1 is 1.38 bits per heavy atom. The number of nitrogens with two attached hydrogens (primary N) is 1. The zero-order chi connectivity index (χ0) is 11.5. The smallest absolute Gasteiger partial charge is 0.129 e. The van der Waals surface area contributed by atoms with E-state index in [9.17, 15) is 8.60 Å². The molecule has 0 radical (unpaired) electrons. The molecule has 0 fully saturated rings. The van der Waals surface area contributed by atoms with E-state index in [2.05, 4.69) is 0 Å². The highest BCUT2D eigenvalue weighted by Gasteiger charge is 2.09. The lowest BCUT2D eigenvalue weighted by Crippen LogP contribution is -1.98. The fourth-order valence-electron chi connectivity index (χ4n) is 1.29. The van der Waals surface area contributed by atoms with Crippen LogP contribution in [0.15, 0.2) is 39.9 Å². The number of halogens is 1. The van der Waals surface area contributed by atoms with Crippen molar-refractivity contribution in [1.29, 1.82) is 0 Å². The van der Waals surface area contributed by atoms with Gasteiger partial charge in [0.2, 0.25) is 0 Å². The fraction of sp³-hybridized carbons (Fsp3) is 0.0909. The number of hydrogen-bond donors (Lipinski definition) is 1. The molecule has 0 aliphatic rings. The molecule has 0 amide bonds. The van der Waals surface area contributed by atoms with E-state index in [1.807, 2.05) is 11.4 Å². The molecule has 2 aromatic rings. The lowest BCUT2D eigenvalue weighted by Gasteiger charge is -2.03. The van der Waals surface area contributed by atoms with Gasteiger partial charge in [0.15, 0.2) is 0 Å². The minimum absolute atomic E-state index is 0.187. The topological polar surface area (TPSA) is 43.1 Å². The monoisotopic (exact) mass is 255 g/mol. The van der Waals surface area contributed by atoms with E-state index in [0.29, 0.717) is 11.3 Å². The maximum absolute atomic E-state index is 13.4. The van der Waals surface area contributed by atoms with Crippen LogP contribution in [-0.4, -0.2) is 4.21 Å². The molecule has 0 saturated heterocycles. The maximum atomic E-state index is 13.4. The van der Waals surface area contributed by atoms with Crippen LogP contribution in [0.25, 0.3) is 0 Å². The van der Waals surface area contributed by atoms with Gasteiger partial charge >= 0.3 is 0 Å². The Kier molecular flexibility index (Phi) is 3.36. The second kappa shape index (κ2) is 4.76. The third kappa shape index (κ3) is 2.48. The minimum Gasteiger partial charge on any atom is -0.399 e. The minimum atomic E-state index is -1.18. The first kappa shape index (κ1) is 11.3. The molecule has 0 saturated carbocycles. The number of rotatable bonds is 3. The van der Waals surface area contributed by atoms with Gasteiger partial charge < -0.3 is 5.73 Å². The zero-order valence-corrected chi connectivity index (χ0v) is 9.98. The van der Waals surface area contributed by atoms with Crippen LogP contribution in [0, 0.1) is 5.82 Å². The SMILES string of the molecule is Nc1ccc(CS(=O)c2cccs2)c(F)c1. The molecular weight excluding hydrogens is 245 g/mol. The summed E-state index contributed by atoms with van der Waals surface area (Å²) in [4.78, 5) is 0. The molecule has 2 rings (SSSR count). The van der Waals surface area contributed by atoms with E-state index in [-0.39, 0.29) is 5.75 Å².